The minimum Gasteiger partial charge on any atom is -0.493 e. The van der Waals surface area contributed by atoms with E-state index in [2.05, 4.69) is 65.7 Å². The molecule has 4 nitrogen and oxygen atoms in total. The molecule has 5 heteroatoms. The Bertz CT molecular complexity index is 970. The highest BCUT2D eigenvalue weighted by molar-refractivity contribution is 6.33. The molecule has 0 unspecified atom stereocenters. The predicted octanol–water partition coefficient (Wildman–Crippen LogP) is 5.73. The summed E-state index contributed by atoms with van der Waals surface area (Å²) >= 11 is 6.59. The molecule has 1 saturated heterocycles. The fourth-order valence-corrected chi connectivity index (χ4v) is 4.01. The third-order valence-electron chi connectivity index (χ3n) is 5.23. The molecule has 0 aliphatic carbocycles. The van der Waals surface area contributed by atoms with Crippen molar-refractivity contribution in [2.45, 2.75) is 19.9 Å². The Morgan fingerprint density at radius 3 is 2.69 bits per heavy atom. The first-order chi connectivity index (χ1) is 14.3. The minimum atomic E-state index is 0.674. The van der Waals surface area contributed by atoms with E-state index in [1.165, 1.54) is 16.3 Å². The Kier molecular flexibility index (Phi) is 6.43. The van der Waals surface area contributed by atoms with Crippen molar-refractivity contribution in [2.24, 2.45) is 0 Å². The van der Waals surface area contributed by atoms with Crippen LogP contribution in [0.25, 0.3) is 10.8 Å². The van der Waals surface area contributed by atoms with Gasteiger partial charge in [0.15, 0.2) is 0 Å². The molecular formula is C24H27ClN2O2. The van der Waals surface area contributed by atoms with Gasteiger partial charge in [0.2, 0.25) is 0 Å². The van der Waals surface area contributed by atoms with Crippen LogP contribution in [-0.2, 0) is 11.3 Å². The predicted molar refractivity (Wildman–Crippen MR) is 122 cm³/mol. The lowest BCUT2D eigenvalue weighted by atomic mass is 10.0. The molecule has 29 heavy (non-hydrogen) atoms. The molecule has 0 aromatic heterocycles. The van der Waals surface area contributed by atoms with Crippen LogP contribution in [-0.4, -0.2) is 32.9 Å². The van der Waals surface area contributed by atoms with Crippen LogP contribution in [0, 0.1) is 0 Å². The van der Waals surface area contributed by atoms with Crippen molar-refractivity contribution in [3.8, 4) is 5.75 Å². The Morgan fingerprint density at radius 2 is 1.90 bits per heavy atom. The summed E-state index contributed by atoms with van der Waals surface area (Å²) < 4.78 is 11.5. The van der Waals surface area contributed by atoms with Gasteiger partial charge in [0.25, 0.3) is 0 Å². The number of morpholine rings is 1. The largest absolute Gasteiger partial charge is 0.493 e. The highest BCUT2D eigenvalue weighted by Gasteiger charge is 2.15. The van der Waals surface area contributed by atoms with Crippen molar-refractivity contribution >= 4 is 33.7 Å². The highest BCUT2D eigenvalue weighted by Crippen LogP contribution is 2.32. The van der Waals surface area contributed by atoms with Crippen LogP contribution in [0.15, 0.2) is 54.6 Å². The molecular weight excluding hydrogens is 384 g/mol. The molecule has 1 aliphatic rings. The second-order valence-corrected chi connectivity index (χ2v) is 7.64. The van der Waals surface area contributed by atoms with Gasteiger partial charge in [-0.25, -0.2) is 0 Å². The summed E-state index contributed by atoms with van der Waals surface area (Å²) in [6.07, 6.45) is 0.984. The molecule has 0 amide bonds. The van der Waals surface area contributed by atoms with Crippen molar-refractivity contribution < 1.29 is 9.47 Å². The maximum absolute atomic E-state index is 6.59. The van der Waals surface area contributed by atoms with Crippen molar-refractivity contribution in [3.63, 3.8) is 0 Å². The molecule has 152 valence electrons. The van der Waals surface area contributed by atoms with E-state index in [9.17, 15) is 0 Å². The van der Waals surface area contributed by atoms with Gasteiger partial charge in [0, 0.05) is 30.9 Å². The molecule has 3 aromatic rings. The number of hydrogen-bond donors (Lipinski definition) is 1. The van der Waals surface area contributed by atoms with Crippen LogP contribution in [0.4, 0.5) is 11.4 Å². The second kappa shape index (κ2) is 9.38. The van der Waals surface area contributed by atoms with Crippen molar-refractivity contribution in [2.75, 3.05) is 43.1 Å². The Balaban J connectivity index is 1.55. The molecule has 3 aromatic carbocycles. The van der Waals surface area contributed by atoms with Gasteiger partial charge in [-0.2, -0.15) is 0 Å². The topological polar surface area (TPSA) is 33.7 Å². The van der Waals surface area contributed by atoms with Crippen LogP contribution in [0.2, 0.25) is 5.02 Å². The third-order valence-corrected chi connectivity index (χ3v) is 5.53. The van der Waals surface area contributed by atoms with Gasteiger partial charge in [-0.1, -0.05) is 48.9 Å². The summed E-state index contributed by atoms with van der Waals surface area (Å²) in [7, 11) is 0. The summed E-state index contributed by atoms with van der Waals surface area (Å²) in [4.78, 5) is 2.27. The van der Waals surface area contributed by atoms with Gasteiger partial charge in [-0.3, -0.25) is 0 Å². The molecule has 4 rings (SSSR count). The SMILES string of the molecule is CCCOc1ccc2ccccc2c1CNc1ccc(N2CCOCC2)c(Cl)c1. The van der Waals surface area contributed by atoms with Crippen molar-refractivity contribution in [1.29, 1.82) is 0 Å². The zero-order valence-corrected chi connectivity index (χ0v) is 17.5. The van der Waals surface area contributed by atoms with E-state index in [-0.39, 0.29) is 0 Å². The molecule has 1 fully saturated rings. The van der Waals surface area contributed by atoms with Crippen LogP contribution in [0.5, 0.6) is 5.75 Å². The van der Waals surface area contributed by atoms with Gasteiger partial charge >= 0.3 is 0 Å². The number of ether oxygens (including phenoxy) is 2. The summed E-state index contributed by atoms with van der Waals surface area (Å²) in [5.74, 6) is 0.939. The van der Waals surface area contributed by atoms with Crippen LogP contribution in [0.3, 0.4) is 0 Å². The summed E-state index contributed by atoms with van der Waals surface area (Å²) in [5, 5.41) is 6.72. The number of anilines is 2. The fourth-order valence-electron chi connectivity index (χ4n) is 3.71. The zero-order chi connectivity index (χ0) is 20.1. The van der Waals surface area contributed by atoms with Gasteiger partial charge in [0.1, 0.15) is 5.75 Å². The monoisotopic (exact) mass is 410 g/mol. The van der Waals surface area contributed by atoms with E-state index in [0.717, 1.165) is 54.9 Å². The van der Waals surface area contributed by atoms with E-state index >= 15 is 0 Å². The first-order valence-corrected chi connectivity index (χ1v) is 10.6. The number of halogens is 1. The molecule has 1 N–H and O–H groups in total. The van der Waals surface area contributed by atoms with Gasteiger partial charge in [-0.05, 0) is 41.5 Å². The molecule has 0 atom stereocenters. The van der Waals surface area contributed by atoms with E-state index in [1.807, 2.05) is 6.07 Å². The standard InChI is InChI=1S/C24H27ClN2O2/c1-2-13-29-24-10-7-18-5-3-4-6-20(18)21(24)17-26-19-8-9-23(22(25)16-19)27-11-14-28-15-12-27/h3-10,16,26H,2,11-15,17H2,1H3. The lowest BCUT2D eigenvalue weighted by molar-refractivity contribution is 0.122. The maximum Gasteiger partial charge on any atom is 0.124 e. The maximum atomic E-state index is 6.59. The Labute approximate surface area is 177 Å². The average molecular weight is 411 g/mol. The van der Waals surface area contributed by atoms with E-state index in [0.29, 0.717) is 13.2 Å². The molecule has 0 spiro atoms. The average Bonchev–Trinajstić information content (AvgIpc) is 2.77. The zero-order valence-electron chi connectivity index (χ0n) is 16.8. The van der Waals surface area contributed by atoms with Gasteiger partial charge in [0.05, 0.1) is 30.5 Å². The highest BCUT2D eigenvalue weighted by atomic mass is 35.5. The van der Waals surface area contributed by atoms with Crippen LogP contribution < -0.4 is 15.0 Å². The molecule has 0 saturated carbocycles. The lowest BCUT2D eigenvalue weighted by Gasteiger charge is -2.29. The van der Waals surface area contributed by atoms with Gasteiger partial charge in [-0.15, -0.1) is 0 Å². The van der Waals surface area contributed by atoms with E-state index in [1.54, 1.807) is 0 Å². The van der Waals surface area contributed by atoms with E-state index < -0.39 is 0 Å². The van der Waals surface area contributed by atoms with Gasteiger partial charge < -0.3 is 19.7 Å². The summed E-state index contributed by atoms with van der Waals surface area (Å²) in [5.41, 5.74) is 3.24. The molecule has 0 radical (unpaired) electrons. The van der Waals surface area contributed by atoms with E-state index in [4.69, 9.17) is 21.1 Å². The smallest absolute Gasteiger partial charge is 0.124 e. The third kappa shape index (κ3) is 4.60. The number of rotatable bonds is 7. The molecule has 1 aliphatic heterocycles. The number of benzene rings is 3. The van der Waals surface area contributed by atoms with Crippen molar-refractivity contribution in [3.05, 3.63) is 65.2 Å². The lowest BCUT2D eigenvalue weighted by Crippen LogP contribution is -2.36. The molecule has 1 heterocycles. The fraction of sp³-hybridized carbons (Fsp3) is 0.333. The second-order valence-electron chi connectivity index (χ2n) is 7.23. The van der Waals surface area contributed by atoms with Crippen LogP contribution in [0.1, 0.15) is 18.9 Å². The number of hydrogen-bond acceptors (Lipinski definition) is 4. The summed E-state index contributed by atoms with van der Waals surface area (Å²) in [6, 6.07) is 18.8. The number of nitrogens with one attached hydrogen (secondary N) is 1. The minimum absolute atomic E-state index is 0.674. The normalized spacial score (nSPS) is 14.2. The number of fused-ring (bicyclic) bond motifs is 1. The molecule has 0 bridgehead atoms. The summed E-state index contributed by atoms with van der Waals surface area (Å²) in [6.45, 7) is 6.76. The quantitative estimate of drug-likeness (QED) is 0.539. The van der Waals surface area contributed by atoms with Crippen LogP contribution >= 0.6 is 11.6 Å². The Hall–Kier alpha value is -2.43. The Morgan fingerprint density at radius 1 is 1.07 bits per heavy atom. The first-order valence-electron chi connectivity index (χ1n) is 10.3. The number of nitrogens with zero attached hydrogens (tertiary/aromatic N) is 1. The van der Waals surface area contributed by atoms with Crippen molar-refractivity contribution in [1.82, 2.24) is 0 Å². The first kappa shape index (κ1) is 19.9.